The summed E-state index contributed by atoms with van der Waals surface area (Å²) >= 11 is 15.4. The minimum absolute atomic E-state index is 0.285. The van der Waals surface area contributed by atoms with Crippen molar-refractivity contribution in [2.45, 2.75) is 6.92 Å². The average molecular weight is 389 g/mol. The summed E-state index contributed by atoms with van der Waals surface area (Å²) in [5, 5.41) is 6.60. The van der Waals surface area contributed by atoms with E-state index in [0.29, 0.717) is 33.1 Å². The molecule has 0 atom stereocenters. The number of hydrogen-bond donors (Lipinski definition) is 2. The number of pyridine rings is 1. The lowest BCUT2D eigenvalue weighted by molar-refractivity contribution is 0.102. The highest BCUT2D eigenvalue weighted by Gasteiger charge is 2.14. The number of halogens is 3. The minimum Gasteiger partial charge on any atom is -0.370 e. The van der Waals surface area contributed by atoms with Crippen molar-refractivity contribution in [2.75, 3.05) is 17.2 Å². The Bertz CT molecular complexity index is 679. The molecular formula is C14H12BrCl2N3O. The number of carbonyl (C=O) groups is 1. The van der Waals surface area contributed by atoms with Gasteiger partial charge in [-0.3, -0.25) is 4.79 Å². The highest BCUT2D eigenvalue weighted by atomic mass is 79.9. The van der Waals surface area contributed by atoms with Crippen molar-refractivity contribution in [1.82, 2.24) is 4.98 Å². The number of rotatable bonds is 4. The van der Waals surface area contributed by atoms with Crippen LogP contribution in [0.15, 0.2) is 34.9 Å². The molecule has 0 saturated heterocycles. The molecule has 0 aliphatic carbocycles. The van der Waals surface area contributed by atoms with Crippen molar-refractivity contribution in [3.05, 3.63) is 50.5 Å². The second kappa shape index (κ2) is 7.11. The van der Waals surface area contributed by atoms with Gasteiger partial charge >= 0.3 is 0 Å². The van der Waals surface area contributed by atoms with Gasteiger partial charge in [0.05, 0.1) is 25.8 Å². The van der Waals surface area contributed by atoms with Crippen LogP contribution in [-0.4, -0.2) is 17.4 Å². The highest BCUT2D eigenvalue weighted by molar-refractivity contribution is 9.10. The van der Waals surface area contributed by atoms with E-state index in [1.54, 1.807) is 24.3 Å². The normalized spacial score (nSPS) is 10.3. The Morgan fingerprint density at radius 2 is 2.10 bits per heavy atom. The first-order chi connectivity index (χ1) is 10.0. The molecule has 2 N–H and O–H groups in total. The van der Waals surface area contributed by atoms with Gasteiger partial charge in [-0.2, -0.15) is 0 Å². The smallest absolute Gasteiger partial charge is 0.257 e. The number of amides is 1. The molecule has 2 aromatic rings. The Hall–Kier alpha value is -1.30. The Kier molecular flexibility index (Phi) is 5.45. The van der Waals surface area contributed by atoms with E-state index in [9.17, 15) is 4.79 Å². The number of anilines is 2. The lowest BCUT2D eigenvalue weighted by atomic mass is 10.2. The molecule has 7 heteroatoms. The summed E-state index contributed by atoms with van der Waals surface area (Å²) in [6, 6.07) is 6.83. The first-order valence-corrected chi connectivity index (χ1v) is 7.72. The SMILES string of the molecule is CCNc1cc(C(=O)Nc2cccc(Cl)c2Br)c(Cl)cn1. The molecule has 0 saturated carbocycles. The molecule has 0 radical (unpaired) electrons. The number of carbonyl (C=O) groups excluding carboxylic acids is 1. The summed E-state index contributed by atoms with van der Waals surface area (Å²) in [6.45, 7) is 2.65. The minimum atomic E-state index is -0.329. The van der Waals surface area contributed by atoms with Gasteiger partial charge in [0.25, 0.3) is 5.91 Å². The number of aromatic nitrogens is 1. The predicted octanol–water partition coefficient (Wildman–Crippen LogP) is 4.84. The maximum atomic E-state index is 12.3. The van der Waals surface area contributed by atoms with Crippen LogP contribution < -0.4 is 10.6 Å². The zero-order valence-corrected chi connectivity index (χ0v) is 14.2. The molecule has 0 bridgehead atoms. The van der Waals surface area contributed by atoms with Gasteiger partial charge in [0.1, 0.15) is 5.82 Å². The lowest BCUT2D eigenvalue weighted by Gasteiger charge is -2.10. The average Bonchev–Trinajstić information content (AvgIpc) is 2.46. The zero-order chi connectivity index (χ0) is 15.4. The van der Waals surface area contributed by atoms with E-state index in [-0.39, 0.29) is 10.9 Å². The van der Waals surface area contributed by atoms with Gasteiger partial charge in [0.2, 0.25) is 0 Å². The first-order valence-electron chi connectivity index (χ1n) is 6.17. The Morgan fingerprint density at radius 3 is 2.81 bits per heavy atom. The van der Waals surface area contributed by atoms with E-state index in [4.69, 9.17) is 23.2 Å². The van der Waals surface area contributed by atoms with Crippen LogP contribution in [0.25, 0.3) is 0 Å². The zero-order valence-electron chi connectivity index (χ0n) is 11.1. The van der Waals surface area contributed by atoms with Crippen molar-refractivity contribution in [1.29, 1.82) is 0 Å². The summed E-state index contributed by atoms with van der Waals surface area (Å²) < 4.78 is 0.622. The second-order valence-corrected chi connectivity index (χ2v) is 5.74. The van der Waals surface area contributed by atoms with Crippen molar-refractivity contribution < 1.29 is 4.79 Å². The molecule has 0 aliphatic rings. The molecule has 21 heavy (non-hydrogen) atoms. The van der Waals surface area contributed by atoms with E-state index >= 15 is 0 Å². The third-order valence-electron chi connectivity index (χ3n) is 2.66. The molecule has 0 unspecified atom stereocenters. The van der Waals surface area contributed by atoms with Crippen molar-refractivity contribution in [2.24, 2.45) is 0 Å². The van der Waals surface area contributed by atoms with Crippen LogP contribution in [0.3, 0.4) is 0 Å². The molecule has 1 aromatic carbocycles. The molecule has 1 aromatic heterocycles. The molecule has 0 fully saturated rings. The Morgan fingerprint density at radius 1 is 1.33 bits per heavy atom. The van der Waals surface area contributed by atoms with Crippen molar-refractivity contribution in [3.63, 3.8) is 0 Å². The van der Waals surface area contributed by atoms with Crippen LogP contribution in [0, 0.1) is 0 Å². The predicted molar refractivity (Wildman–Crippen MR) is 90.5 cm³/mol. The van der Waals surface area contributed by atoms with Crippen LogP contribution in [0.4, 0.5) is 11.5 Å². The highest BCUT2D eigenvalue weighted by Crippen LogP contribution is 2.30. The molecule has 1 heterocycles. The number of nitrogens with zero attached hydrogens (tertiary/aromatic N) is 1. The topological polar surface area (TPSA) is 54.0 Å². The maximum Gasteiger partial charge on any atom is 0.257 e. The van der Waals surface area contributed by atoms with Gasteiger partial charge in [0.15, 0.2) is 0 Å². The van der Waals surface area contributed by atoms with Gasteiger partial charge in [-0.05, 0) is 41.1 Å². The van der Waals surface area contributed by atoms with Gasteiger partial charge in [-0.1, -0.05) is 29.3 Å². The number of hydrogen-bond acceptors (Lipinski definition) is 3. The number of nitrogens with one attached hydrogen (secondary N) is 2. The van der Waals surface area contributed by atoms with Crippen molar-refractivity contribution in [3.8, 4) is 0 Å². The van der Waals surface area contributed by atoms with E-state index in [1.165, 1.54) is 6.20 Å². The summed E-state index contributed by atoms with van der Waals surface area (Å²) in [5.74, 6) is 0.265. The molecule has 0 aliphatic heterocycles. The van der Waals surface area contributed by atoms with Gasteiger partial charge in [-0.15, -0.1) is 0 Å². The second-order valence-electron chi connectivity index (χ2n) is 4.14. The fourth-order valence-corrected chi connectivity index (χ4v) is 2.41. The van der Waals surface area contributed by atoms with Gasteiger partial charge in [0, 0.05) is 12.7 Å². The standard InChI is InChI=1S/C14H12BrCl2N3O/c1-2-18-12-6-8(10(17)7-19-12)14(21)20-11-5-3-4-9(16)13(11)15/h3-7H,2H2,1H3,(H,18,19)(H,20,21). The third-order valence-corrected chi connectivity index (χ3v) is 4.36. The Labute approximate surface area is 141 Å². The summed E-state index contributed by atoms with van der Waals surface area (Å²) in [7, 11) is 0. The molecule has 110 valence electrons. The first kappa shape index (κ1) is 16.1. The van der Waals surface area contributed by atoms with Gasteiger partial charge in [-0.25, -0.2) is 4.98 Å². The van der Waals surface area contributed by atoms with Crippen LogP contribution in [-0.2, 0) is 0 Å². The summed E-state index contributed by atoms with van der Waals surface area (Å²) in [5.41, 5.74) is 0.917. The molecule has 2 rings (SSSR count). The van der Waals surface area contributed by atoms with E-state index in [0.717, 1.165) is 0 Å². The fraction of sp³-hybridized carbons (Fsp3) is 0.143. The Balaban J connectivity index is 2.28. The third kappa shape index (κ3) is 3.87. The monoisotopic (exact) mass is 387 g/mol. The fourth-order valence-electron chi connectivity index (χ4n) is 1.68. The van der Waals surface area contributed by atoms with E-state index in [1.807, 2.05) is 6.92 Å². The van der Waals surface area contributed by atoms with E-state index in [2.05, 4.69) is 31.5 Å². The van der Waals surface area contributed by atoms with Crippen LogP contribution in [0.1, 0.15) is 17.3 Å². The molecular weight excluding hydrogens is 377 g/mol. The summed E-state index contributed by atoms with van der Waals surface area (Å²) in [6.07, 6.45) is 1.45. The van der Waals surface area contributed by atoms with E-state index < -0.39 is 0 Å². The molecule has 4 nitrogen and oxygen atoms in total. The largest absolute Gasteiger partial charge is 0.370 e. The van der Waals surface area contributed by atoms with Crippen LogP contribution in [0.5, 0.6) is 0 Å². The van der Waals surface area contributed by atoms with Gasteiger partial charge < -0.3 is 10.6 Å². The summed E-state index contributed by atoms with van der Waals surface area (Å²) in [4.78, 5) is 16.4. The van der Waals surface area contributed by atoms with Crippen LogP contribution >= 0.6 is 39.1 Å². The maximum absolute atomic E-state index is 12.3. The molecule has 0 spiro atoms. The lowest BCUT2D eigenvalue weighted by Crippen LogP contribution is -2.14. The number of benzene rings is 1. The quantitative estimate of drug-likeness (QED) is 0.788. The van der Waals surface area contributed by atoms with Crippen LogP contribution in [0.2, 0.25) is 10.0 Å². The molecule has 1 amide bonds. The van der Waals surface area contributed by atoms with Crippen molar-refractivity contribution >= 4 is 56.5 Å².